The highest BCUT2D eigenvalue weighted by atomic mass is 32.2. The van der Waals surface area contributed by atoms with Gasteiger partial charge in [0.1, 0.15) is 11.0 Å². The van der Waals surface area contributed by atoms with Crippen LogP contribution in [0.1, 0.15) is 37.0 Å². The lowest BCUT2D eigenvalue weighted by Gasteiger charge is -2.31. The van der Waals surface area contributed by atoms with Gasteiger partial charge in [-0.15, -0.1) is 11.8 Å². The van der Waals surface area contributed by atoms with Crippen LogP contribution in [-0.2, 0) is 4.74 Å². The Hall–Kier alpha value is -1.60. The van der Waals surface area contributed by atoms with Crippen LogP contribution >= 0.6 is 11.8 Å². The number of ether oxygens (including phenoxy) is 1. The number of likely N-dealkylation sites (tertiary alicyclic amines) is 1. The minimum Gasteiger partial charge on any atom is -0.366 e. The Morgan fingerprint density at radius 3 is 2.87 bits per heavy atom. The Labute approximate surface area is 140 Å². The number of nitro groups is 1. The largest absolute Gasteiger partial charge is 0.366 e. The number of para-hydroxylation sites is 1. The van der Waals surface area contributed by atoms with Gasteiger partial charge in [0.25, 0.3) is 11.6 Å². The number of carbonyl (C=O) groups is 1. The van der Waals surface area contributed by atoms with Gasteiger partial charge in [0.15, 0.2) is 0 Å². The molecular weight excluding hydrogens is 316 g/mol. The van der Waals surface area contributed by atoms with Crippen LogP contribution in [0.3, 0.4) is 0 Å². The van der Waals surface area contributed by atoms with Gasteiger partial charge in [0.05, 0.1) is 11.0 Å². The smallest absolute Gasteiger partial charge is 0.282 e. The van der Waals surface area contributed by atoms with E-state index >= 15 is 0 Å². The normalized spacial score (nSPS) is 18.9. The van der Waals surface area contributed by atoms with E-state index in [-0.39, 0.29) is 28.6 Å². The average molecular weight is 338 g/mol. The predicted molar refractivity (Wildman–Crippen MR) is 90.7 cm³/mol. The van der Waals surface area contributed by atoms with Crippen molar-refractivity contribution in [3.8, 4) is 0 Å². The molecule has 0 aliphatic carbocycles. The third-order valence-electron chi connectivity index (χ3n) is 3.87. The number of hydrogen-bond donors (Lipinski definition) is 0. The molecule has 0 saturated carbocycles. The number of nitrogens with zero attached hydrogens (tertiary/aromatic N) is 2. The number of carbonyl (C=O) groups excluding carboxylic acids is 1. The van der Waals surface area contributed by atoms with Gasteiger partial charge in [0.2, 0.25) is 0 Å². The van der Waals surface area contributed by atoms with Crippen molar-refractivity contribution in [2.24, 2.45) is 0 Å². The molecule has 2 unspecified atom stereocenters. The fraction of sp³-hybridized carbons (Fsp3) is 0.562. The molecule has 0 N–H and O–H groups in total. The van der Waals surface area contributed by atoms with Crippen molar-refractivity contribution in [3.63, 3.8) is 0 Å². The molecule has 126 valence electrons. The lowest BCUT2D eigenvalue weighted by Crippen LogP contribution is -2.43. The molecule has 0 spiro atoms. The number of hydrogen-bond acceptors (Lipinski definition) is 5. The van der Waals surface area contributed by atoms with Gasteiger partial charge < -0.3 is 9.64 Å². The first-order chi connectivity index (χ1) is 11.1. The lowest BCUT2D eigenvalue weighted by molar-refractivity contribution is -0.385. The molecule has 0 bridgehead atoms. The molecule has 7 heteroatoms. The summed E-state index contributed by atoms with van der Waals surface area (Å²) >= 11 is 1.68. The Balaban J connectivity index is 2.25. The number of amides is 1. The maximum absolute atomic E-state index is 12.9. The number of nitro benzene ring substituents is 1. The van der Waals surface area contributed by atoms with Crippen molar-refractivity contribution >= 4 is 23.4 Å². The van der Waals surface area contributed by atoms with E-state index in [1.807, 2.05) is 6.92 Å². The topological polar surface area (TPSA) is 72.7 Å². The Morgan fingerprint density at radius 2 is 2.22 bits per heavy atom. The fourth-order valence-electron chi connectivity index (χ4n) is 2.89. The predicted octanol–water partition coefficient (Wildman–Crippen LogP) is 3.32. The number of benzene rings is 1. The van der Waals surface area contributed by atoms with Gasteiger partial charge in [-0.2, -0.15) is 0 Å². The van der Waals surface area contributed by atoms with Crippen LogP contribution in [0.15, 0.2) is 24.3 Å². The highest BCUT2D eigenvalue weighted by Gasteiger charge is 2.37. The van der Waals surface area contributed by atoms with E-state index in [9.17, 15) is 14.9 Å². The van der Waals surface area contributed by atoms with Crippen molar-refractivity contribution in [2.75, 3.05) is 18.9 Å². The zero-order chi connectivity index (χ0) is 16.8. The van der Waals surface area contributed by atoms with Crippen molar-refractivity contribution in [2.45, 2.75) is 38.2 Å². The highest BCUT2D eigenvalue weighted by molar-refractivity contribution is 7.99. The zero-order valence-electron chi connectivity index (χ0n) is 13.4. The molecule has 1 aliphatic rings. The van der Waals surface area contributed by atoms with E-state index in [2.05, 4.69) is 6.92 Å². The molecule has 0 aromatic heterocycles. The Morgan fingerprint density at radius 1 is 1.48 bits per heavy atom. The maximum Gasteiger partial charge on any atom is 0.282 e. The van der Waals surface area contributed by atoms with Crippen LogP contribution in [0, 0.1) is 10.1 Å². The van der Waals surface area contributed by atoms with Crippen LogP contribution in [0.4, 0.5) is 5.69 Å². The Bertz CT molecular complexity index is 561. The second kappa shape index (κ2) is 8.31. The van der Waals surface area contributed by atoms with E-state index in [1.165, 1.54) is 12.1 Å². The molecule has 0 radical (unpaired) electrons. The van der Waals surface area contributed by atoms with Crippen LogP contribution in [0.2, 0.25) is 0 Å². The van der Waals surface area contributed by atoms with E-state index in [1.54, 1.807) is 28.8 Å². The van der Waals surface area contributed by atoms with Crippen LogP contribution in [-0.4, -0.2) is 46.1 Å². The molecule has 2 rings (SSSR count). The molecule has 6 nitrogen and oxygen atoms in total. The molecule has 1 aliphatic heterocycles. The maximum atomic E-state index is 12.9. The monoisotopic (exact) mass is 338 g/mol. The molecule has 1 aromatic rings. The first-order valence-electron chi connectivity index (χ1n) is 7.87. The quantitative estimate of drug-likeness (QED) is 0.433. The van der Waals surface area contributed by atoms with Crippen molar-refractivity contribution < 1.29 is 14.5 Å². The molecule has 2 atom stereocenters. The third kappa shape index (κ3) is 4.03. The standard InChI is InChI=1S/C16H22N2O4S/c1-3-22-16(23-4-2)14-10-7-11-17(14)15(19)12-8-5-6-9-13(12)18(20)21/h5-6,8-9,14,16H,3-4,7,10-11H2,1-2H3. The van der Waals surface area contributed by atoms with E-state index in [0.717, 1.165) is 18.6 Å². The Kier molecular flexibility index (Phi) is 6.41. The summed E-state index contributed by atoms with van der Waals surface area (Å²) in [6.45, 7) is 5.19. The van der Waals surface area contributed by atoms with E-state index in [4.69, 9.17) is 4.74 Å². The first kappa shape index (κ1) is 17.7. The summed E-state index contributed by atoms with van der Waals surface area (Å²) in [7, 11) is 0. The van der Waals surface area contributed by atoms with Gasteiger partial charge in [-0.25, -0.2) is 0 Å². The summed E-state index contributed by atoms with van der Waals surface area (Å²) in [5.41, 5.74) is -0.0698. The van der Waals surface area contributed by atoms with Crippen LogP contribution in [0.25, 0.3) is 0 Å². The second-order valence-electron chi connectivity index (χ2n) is 5.26. The third-order valence-corrected chi connectivity index (χ3v) is 4.98. The summed E-state index contributed by atoms with van der Waals surface area (Å²) in [4.78, 5) is 25.3. The van der Waals surface area contributed by atoms with Gasteiger partial charge in [-0.1, -0.05) is 19.1 Å². The van der Waals surface area contributed by atoms with Crippen molar-refractivity contribution in [3.05, 3.63) is 39.9 Å². The molecule has 23 heavy (non-hydrogen) atoms. The molecule has 1 saturated heterocycles. The van der Waals surface area contributed by atoms with Gasteiger partial charge in [-0.05, 0) is 31.6 Å². The minimum atomic E-state index is -0.501. The molecule has 1 heterocycles. The number of rotatable bonds is 7. The van der Waals surface area contributed by atoms with Gasteiger partial charge in [-0.3, -0.25) is 14.9 Å². The minimum absolute atomic E-state index is 0.0350. The highest BCUT2D eigenvalue weighted by Crippen LogP contribution is 2.31. The molecule has 1 fully saturated rings. The summed E-state index contributed by atoms with van der Waals surface area (Å²) in [6.07, 6.45) is 1.76. The SMILES string of the molecule is CCOC(SCC)C1CCCN1C(=O)c1ccccc1[N+](=O)[O-]. The van der Waals surface area contributed by atoms with E-state index < -0.39 is 4.92 Å². The van der Waals surface area contributed by atoms with Crippen molar-refractivity contribution in [1.29, 1.82) is 0 Å². The summed E-state index contributed by atoms with van der Waals surface area (Å²) in [6, 6.07) is 6.10. The molecule has 1 aromatic carbocycles. The number of thioether (sulfide) groups is 1. The molecular formula is C16H22N2O4S. The molecule has 1 amide bonds. The van der Waals surface area contributed by atoms with Crippen LogP contribution < -0.4 is 0 Å². The van der Waals surface area contributed by atoms with Gasteiger partial charge >= 0.3 is 0 Å². The average Bonchev–Trinajstić information content (AvgIpc) is 3.03. The van der Waals surface area contributed by atoms with Gasteiger partial charge in [0, 0.05) is 19.2 Å². The van der Waals surface area contributed by atoms with Crippen LogP contribution in [0.5, 0.6) is 0 Å². The zero-order valence-corrected chi connectivity index (χ0v) is 14.3. The summed E-state index contributed by atoms with van der Waals surface area (Å²) in [5.74, 6) is 0.621. The lowest BCUT2D eigenvalue weighted by atomic mass is 10.1. The second-order valence-corrected chi connectivity index (χ2v) is 6.64. The summed E-state index contributed by atoms with van der Waals surface area (Å²) < 4.78 is 5.80. The van der Waals surface area contributed by atoms with Crippen molar-refractivity contribution in [1.82, 2.24) is 4.90 Å². The fourth-order valence-corrected chi connectivity index (χ4v) is 3.96. The first-order valence-corrected chi connectivity index (χ1v) is 8.92. The van der Waals surface area contributed by atoms with E-state index in [0.29, 0.717) is 13.2 Å². The summed E-state index contributed by atoms with van der Waals surface area (Å²) in [5, 5.41) is 11.2.